The summed E-state index contributed by atoms with van der Waals surface area (Å²) in [6.45, 7) is 3.99. The smallest absolute Gasteiger partial charge is 0.317 e. The maximum Gasteiger partial charge on any atom is 0.317 e. The highest BCUT2D eigenvalue weighted by Crippen LogP contribution is 2.21. The van der Waals surface area contributed by atoms with E-state index in [0.717, 1.165) is 18.6 Å². The van der Waals surface area contributed by atoms with Crippen molar-refractivity contribution in [2.24, 2.45) is 5.92 Å². The van der Waals surface area contributed by atoms with Crippen molar-refractivity contribution in [2.45, 2.75) is 24.3 Å². The average Bonchev–Trinajstić information content (AvgIpc) is 3.04. The van der Waals surface area contributed by atoms with E-state index in [1.54, 1.807) is 36.2 Å². The van der Waals surface area contributed by atoms with Crippen LogP contribution in [-0.4, -0.2) is 52.4 Å². The summed E-state index contributed by atoms with van der Waals surface area (Å²) in [5, 5.41) is 2.92. The van der Waals surface area contributed by atoms with Crippen molar-refractivity contribution in [3.8, 4) is 0 Å². The van der Waals surface area contributed by atoms with Crippen molar-refractivity contribution in [1.29, 1.82) is 0 Å². The van der Waals surface area contributed by atoms with E-state index in [4.69, 9.17) is 4.74 Å². The zero-order chi connectivity index (χ0) is 17.0. The minimum absolute atomic E-state index is 0.142. The number of ether oxygens (including phenoxy) is 1. The Kier molecular flexibility index (Phi) is 5.64. The number of urea groups is 1. The lowest BCUT2D eigenvalue weighted by Crippen LogP contribution is -2.40. The second-order valence-corrected chi connectivity index (χ2v) is 8.06. The molecule has 128 valence electrons. The molecule has 2 rings (SSSR count). The van der Waals surface area contributed by atoms with Gasteiger partial charge in [-0.05, 0) is 31.0 Å². The summed E-state index contributed by atoms with van der Waals surface area (Å²) in [6.07, 6.45) is 2.16. The summed E-state index contributed by atoms with van der Waals surface area (Å²) in [5.74, 6) is 0.386. The summed E-state index contributed by atoms with van der Waals surface area (Å²) < 4.78 is 28.3. The van der Waals surface area contributed by atoms with Crippen molar-refractivity contribution in [1.82, 2.24) is 10.2 Å². The SMILES string of the molecule is C[C@@H](c1ccc(S(C)(=O)=O)cc1)N(C)C(=O)NC[C@@H]1CCOC1. The summed E-state index contributed by atoms with van der Waals surface area (Å²) in [4.78, 5) is 14.1. The lowest BCUT2D eigenvalue weighted by atomic mass is 10.1. The molecule has 1 heterocycles. The number of rotatable bonds is 5. The zero-order valence-corrected chi connectivity index (χ0v) is 14.6. The van der Waals surface area contributed by atoms with Gasteiger partial charge >= 0.3 is 6.03 Å². The van der Waals surface area contributed by atoms with Crippen LogP contribution >= 0.6 is 0 Å². The first-order valence-corrected chi connectivity index (χ1v) is 9.56. The van der Waals surface area contributed by atoms with Crippen molar-refractivity contribution in [3.05, 3.63) is 29.8 Å². The Morgan fingerprint density at radius 3 is 2.57 bits per heavy atom. The van der Waals surface area contributed by atoms with E-state index in [1.807, 2.05) is 6.92 Å². The molecule has 1 aliphatic rings. The molecule has 6 nitrogen and oxygen atoms in total. The van der Waals surface area contributed by atoms with Crippen molar-refractivity contribution in [3.63, 3.8) is 0 Å². The Bertz CT molecular complexity index is 637. The van der Waals surface area contributed by atoms with Crippen LogP contribution in [0.3, 0.4) is 0 Å². The Morgan fingerprint density at radius 2 is 2.04 bits per heavy atom. The Hall–Kier alpha value is -1.60. The van der Waals surface area contributed by atoms with E-state index in [9.17, 15) is 13.2 Å². The second-order valence-electron chi connectivity index (χ2n) is 6.04. The average molecular weight is 340 g/mol. The van der Waals surface area contributed by atoms with Crippen LogP contribution < -0.4 is 5.32 Å². The van der Waals surface area contributed by atoms with Crippen LogP contribution in [0, 0.1) is 5.92 Å². The molecule has 0 radical (unpaired) electrons. The largest absolute Gasteiger partial charge is 0.381 e. The third-order valence-electron chi connectivity index (χ3n) is 4.26. The number of benzene rings is 1. The number of carbonyl (C=O) groups is 1. The van der Waals surface area contributed by atoms with Gasteiger partial charge in [-0.3, -0.25) is 0 Å². The summed E-state index contributed by atoms with van der Waals surface area (Å²) >= 11 is 0. The highest BCUT2D eigenvalue weighted by atomic mass is 32.2. The third-order valence-corrected chi connectivity index (χ3v) is 5.39. The van der Waals surface area contributed by atoms with Crippen LogP contribution in [0.15, 0.2) is 29.2 Å². The van der Waals surface area contributed by atoms with Gasteiger partial charge in [-0.25, -0.2) is 13.2 Å². The van der Waals surface area contributed by atoms with Gasteiger partial charge in [-0.1, -0.05) is 12.1 Å². The van der Waals surface area contributed by atoms with Crippen LogP contribution in [0.1, 0.15) is 24.9 Å². The van der Waals surface area contributed by atoms with E-state index in [0.29, 0.717) is 19.1 Å². The fourth-order valence-electron chi connectivity index (χ4n) is 2.49. The van der Waals surface area contributed by atoms with Gasteiger partial charge in [0.2, 0.25) is 0 Å². The maximum absolute atomic E-state index is 12.2. The van der Waals surface area contributed by atoms with E-state index < -0.39 is 9.84 Å². The molecule has 0 saturated carbocycles. The van der Waals surface area contributed by atoms with Gasteiger partial charge < -0.3 is 15.0 Å². The van der Waals surface area contributed by atoms with Crippen LogP contribution in [0.2, 0.25) is 0 Å². The fourth-order valence-corrected chi connectivity index (χ4v) is 3.12. The maximum atomic E-state index is 12.2. The van der Waals surface area contributed by atoms with Gasteiger partial charge in [0.1, 0.15) is 0 Å². The van der Waals surface area contributed by atoms with E-state index in [1.165, 1.54) is 6.26 Å². The minimum Gasteiger partial charge on any atom is -0.381 e. The summed E-state index contributed by atoms with van der Waals surface area (Å²) in [6, 6.07) is 6.34. The Balaban J connectivity index is 1.95. The van der Waals surface area contributed by atoms with E-state index in [-0.39, 0.29) is 17.0 Å². The Labute approximate surface area is 137 Å². The standard InChI is InChI=1S/C16H24N2O4S/c1-12(14-4-6-15(7-5-14)23(3,20)21)18(2)16(19)17-10-13-8-9-22-11-13/h4-7,12-13H,8-11H2,1-3H3,(H,17,19)/t12-,13-/m0/s1. The fraction of sp³-hybridized carbons (Fsp3) is 0.562. The molecule has 1 aromatic carbocycles. The first-order chi connectivity index (χ1) is 10.8. The molecule has 1 aromatic rings. The molecular weight excluding hydrogens is 316 g/mol. The minimum atomic E-state index is -3.20. The van der Waals surface area contributed by atoms with Crippen molar-refractivity contribution in [2.75, 3.05) is 33.1 Å². The van der Waals surface area contributed by atoms with Gasteiger partial charge in [-0.2, -0.15) is 0 Å². The number of nitrogens with one attached hydrogen (secondary N) is 1. The topological polar surface area (TPSA) is 75.7 Å². The van der Waals surface area contributed by atoms with Crippen LogP contribution in [0.25, 0.3) is 0 Å². The molecule has 23 heavy (non-hydrogen) atoms. The van der Waals surface area contributed by atoms with Crippen LogP contribution in [-0.2, 0) is 14.6 Å². The number of sulfone groups is 1. The molecule has 2 amide bonds. The molecule has 0 spiro atoms. The lowest BCUT2D eigenvalue weighted by Gasteiger charge is -2.26. The molecule has 0 aliphatic carbocycles. The molecular formula is C16H24N2O4S. The number of nitrogens with zero attached hydrogens (tertiary/aromatic N) is 1. The third kappa shape index (κ3) is 4.68. The molecule has 1 aliphatic heterocycles. The molecule has 0 unspecified atom stereocenters. The predicted molar refractivity (Wildman–Crippen MR) is 88.1 cm³/mol. The molecule has 1 saturated heterocycles. The monoisotopic (exact) mass is 340 g/mol. The quantitative estimate of drug-likeness (QED) is 0.887. The molecule has 7 heteroatoms. The second kappa shape index (κ2) is 7.31. The van der Waals surface area contributed by atoms with Gasteiger partial charge in [-0.15, -0.1) is 0 Å². The van der Waals surface area contributed by atoms with Gasteiger partial charge in [0.15, 0.2) is 9.84 Å². The molecule has 1 fully saturated rings. The molecule has 1 N–H and O–H groups in total. The normalized spacial score (nSPS) is 19.3. The van der Waals surface area contributed by atoms with Crippen molar-refractivity contribution >= 4 is 15.9 Å². The van der Waals surface area contributed by atoms with Gasteiger partial charge in [0, 0.05) is 32.4 Å². The highest BCUT2D eigenvalue weighted by molar-refractivity contribution is 7.90. The van der Waals surface area contributed by atoms with Crippen LogP contribution in [0.4, 0.5) is 4.79 Å². The van der Waals surface area contributed by atoms with Gasteiger partial charge in [0.25, 0.3) is 0 Å². The molecule has 0 aromatic heterocycles. The molecule has 0 bridgehead atoms. The van der Waals surface area contributed by atoms with Crippen molar-refractivity contribution < 1.29 is 17.9 Å². The number of hydrogen-bond acceptors (Lipinski definition) is 4. The first-order valence-electron chi connectivity index (χ1n) is 7.67. The van der Waals surface area contributed by atoms with E-state index in [2.05, 4.69) is 5.32 Å². The summed E-state index contributed by atoms with van der Waals surface area (Å²) in [7, 11) is -1.47. The predicted octanol–water partition coefficient (Wildman–Crippen LogP) is 1.83. The lowest BCUT2D eigenvalue weighted by molar-refractivity contribution is 0.179. The van der Waals surface area contributed by atoms with E-state index >= 15 is 0 Å². The summed E-state index contributed by atoms with van der Waals surface area (Å²) in [5.41, 5.74) is 0.888. The number of carbonyl (C=O) groups excluding carboxylic acids is 1. The zero-order valence-electron chi connectivity index (χ0n) is 13.8. The van der Waals surface area contributed by atoms with Crippen LogP contribution in [0.5, 0.6) is 0 Å². The highest BCUT2D eigenvalue weighted by Gasteiger charge is 2.21. The number of hydrogen-bond donors (Lipinski definition) is 1. The Morgan fingerprint density at radius 1 is 1.39 bits per heavy atom. The first kappa shape index (κ1) is 17.7. The number of amides is 2. The van der Waals surface area contributed by atoms with Gasteiger partial charge in [0.05, 0.1) is 17.5 Å². The molecule has 2 atom stereocenters.